The predicted molar refractivity (Wildman–Crippen MR) is 51.2 cm³/mol. The molecule has 0 aromatic heterocycles. The highest BCUT2D eigenvalue weighted by atomic mass is 79.9. The minimum absolute atomic E-state index is 0.129. The molecule has 0 aliphatic heterocycles. The third-order valence-electron chi connectivity index (χ3n) is 2.04. The van der Waals surface area contributed by atoms with Crippen molar-refractivity contribution in [3.63, 3.8) is 0 Å². The van der Waals surface area contributed by atoms with Crippen LogP contribution in [0.4, 0.5) is 0 Å². The van der Waals surface area contributed by atoms with Crippen molar-refractivity contribution in [2.45, 2.75) is 6.42 Å². The molecule has 1 aromatic rings. The van der Waals surface area contributed by atoms with Crippen LogP contribution in [-0.2, 0) is 11.2 Å². The Labute approximate surface area is 83.2 Å². The second kappa shape index (κ2) is 2.96. The van der Waals surface area contributed by atoms with Crippen molar-refractivity contribution in [3.05, 3.63) is 33.8 Å². The first-order chi connectivity index (χ1) is 6.22. The lowest BCUT2D eigenvalue weighted by molar-refractivity contribution is -0.112. The summed E-state index contributed by atoms with van der Waals surface area (Å²) in [5.74, 6) is -0.129. The van der Waals surface area contributed by atoms with Crippen molar-refractivity contribution in [2.75, 3.05) is 0 Å². The summed E-state index contributed by atoms with van der Waals surface area (Å²) in [4.78, 5) is 11.3. The van der Waals surface area contributed by atoms with Crippen LogP contribution >= 0.6 is 15.9 Å². The second-order valence-electron chi connectivity index (χ2n) is 2.85. The Hall–Kier alpha value is -1.16. The molecule has 0 saturated carbocycles. The van der Waals surface area contributed by atoms with E-state index in [1.807, 2.05) is 12.1 Å². The molecule has 2 rings (SSSR count). The Morgan fingerprint density at radius 2 is 2.23 bits per heavy atom. The monoisotopic (exact) mass is 239 g/mol. The maximum absolute atomic E-state index is 11.3. The summed E-state index contributed by atoms with van der Waals surface area (Å²) in [6.07, 6.45) is 0.335. The molecule has 1 aliphatic rings. The molecule has 66 valence electrons. The summed E-state index contributed by atoms with van der Waals surface area (Å²) < 4.78 is 0.877. The van der Waals surface area contributed by atoms with E-state index in [1.54, 1.807) is 6.07 Å². The van der Waals surface area contributed by atoms with E-state index >= 15 is 0 Å². The van der Waals surface area contributed by atoms with Gasteiger partial charge in [-0.3, -0.25) is 4.79 Å². The van der Waals surface area contributed by atoms with Crippen molar-refractivity contribution in [1.82, 2.24) is 0 Å². The van der Waals surface area contributed by atoms with Crippen LogP contribution in [0.2, 0.25) is 0 Å². The lowest BCUT2D eigenvalue weighted by Crippen LogP contribution is -2.07. The lowest BCUT2D eigenvalue weighted by Gasteiger charge is -1.97. The molecule has 0 unspecified atom stereocenters. The van der Waals surface area contributed by atoms with Gasteiger partial charge in [-0.2, -0.15) is 0 Å². The van der Waals surface area contributed by atoms with E-state index in [9.17, 15) is 4.79 Å². The number of rotatable bonds is 0. The van der Waals surface area contributed by atoms with Crippen molar-refractivity contribution in [3.8, 4) is 0 Å². The first-order valence-corrected chi connectivity index (χ1v) is 4.55. The van der Waals surface area contributed by atoms with Crippen LogP contribution < -0.4 is 0 Å². The topological polar surface area (TPSA) is 49.7 Å². The van der Waals surface area contributed by atoms with Gasteiger partial charge in [-0.05, 0) is 17.7 Å². The highest BCUT2D eigenvalue weighted by Gasteiger charge is 2.26. The van der Waals surface area contributed by atoms with E-state index in [4.69, 9.17) is 5.21 Å². The van der Waals surface area contributed by atoms with Gasteiger partial charge in [0.25, 0.3) is 0 Å². The van der Waals surface area contributed by atoms with Gasteiger partial charge in [0.15, 0.2) is 11.5 Å². The Balaban J connectivity index is 2.63. The van der Waals surface area contributed by atoms with Gasteiger partial charge in [0.1, 0.15) is 0 Å². The fourth-order valence-corrected chi connectivity index (χ4v) is 1.80. The van der Waals surface area contributed by atoms with Crippen LogP contribution in [0.5, 0.6) is 0 Å². The maximum Gasteiger partial charge on any atom is 0.189 e. The van der Waals surface area contributed by atoms with Gasteiger partial charge in [0.2, 0.25) is 0 Å². The Morgan fingerprint density at radius 3 is 2.92 bits per heavy atom. The van der Waals surface area contributed by atoms with E-state index in [0.717, 1.165) is 15.6 Å². The molecule has 1 aromatic carbocycles. The van der Waals surface area contributed by atoms with E-state index in [2.05, 4.69) is 21.1 Å². The number of fused-ring (bicyclic) bond motifs is 1. The molecular weight excluding hydrogens is 234 g/mol. The molecule has 13 heavy (non-hydrogen) atoms. The van der Waals surface area contributed by atoms with E-state index in [-0.39, 0.29) is 11.5 Å². The van der Waals surface area contributed by atoms with Crippen molar-refractivity contribution in [1.29, 1.82) is 0 Å². The molecule has 0 heterocycles. The van der Waals surface area contributed by atoms with Crippen LogP contribution in [0.15, 0.2) is 27.8 Å². The zero-order valence-electron chi connectivity index (χ0n) is 6.62. The molecule has 0 spiro atoms. The standard InChI is InChI=1S/C9H6BrNO2/c10-6-2-1-5-3-8(12)9(11-13)7(5)4-6/h1-2,4,13H,3H2. The van der Waals surface area contributed by atoms with Gasteiger partial charge in [0.05, 0.1) is 0 Å². The van der Waals surface area contributed by atoms with Crippen molar-refractivity contribution in [2.24, 2.45) is 5.16 Å². The molecule has 0 atom stereocenters. The molecule has 4 heteroatoms. The van der Waals surface area contributed by atoms with Crippen LogP contribution in [-0.4, -0.2) is 16.7 Å². The van der Waals surface area contributed by atoms with Gasteiger partial charge in [-0.15, -0.1) is 0 Å². The third-order valence-corrected chi connectivity index (χ3v) is 2.54. The number of oxime groups is 1. The quantitative estimate of drug-likeness (QED) is 0.554. The normalized spacial score (nSPS) is 17.9. The fourth-order valence-electron chi connectivity index (χ4n) is 1.44. The third kappa shape index (κ3) is 1.27. The highest BCUT2D eigenvalue weighted by molar-refractivity contribution is 9.10. The largest absolute Gasteiger partial charge is 0.410 e. The first kappa shape index (κ1) is 8.44. The lowest BCUT2D eigenvalue weighted by atomic mass is 10.1. The Kier molecular flexibility index (Phi) is 1.92. The SMILES string of the molecule is O=C1Cc2ccc(Br)cc2C1=NO. The van der Waals surface area contributed by atoms with Crippen LogP contribution in [0.3, 0.4) is 0 Å². The highest BCUT2D eigenvalue weighted by Crippen LogP contribution is 2.23. The number of hydrogen-bond acceptors (Lipinski definition) is 3. The van der Waals surface area contributed by atoms with E-state index in [1.165, 1.54) is 0 Å². The van der Waals surface area contributed by atoms with Gasteiger partial charge in [-0.1, -0.05) is 27.2 Å². The van der Waals surface area contributed by atoms with Gasteiger partial charge >= 0.3 is 0 Å². The fraction of sp³-hybridized carbons (Fsp3) is 0.111. The summed E-state index contributed by atoms with van der Waals surface area (Å²) in [5.41, 5.74) is 1.80. The van der Waals surface area contributed by atoms with E-state index < -0.39 is 0 Å². The summed E-state index contributed by atoms with van der Waals surface area (Å²) >= 11 is 3.29. The average molecular weight is 240 g/mol. The predicted octanol–water partition coefficient (Wildman–Crippen LogP) is 1.75. The summed E-state index contributed by atoms with van der Waals surface area (Å²) in [7, 11) is 0. The molecule has 0 bridgehead atoms. The zero-order chi connectivity index (χ0) is 9.42. The number of carbonyl (C=O) groups excluding carboxylic acids is 1. The number of benzene rings is 1. The molecule has 0 amide bonds. The Bertz CT molecular complexity index is 412. The number of halogens is 1. The van der Waals surface area contributed by atoms with Gasteiger partial charge in [0, 0.05) is 16.5 Å². The van der Waals surface area contributed by atoms with Gasteiger partial charge < -0.3 is 5.21 Å². The molecule has 0 radical (unpaired) electrons. The Morgan fingerprint density at radius 1 is 1.46 bits per heavy atom. The number of ketones is 1. The van der Waals surface area contributed by atoms with Crippen LogP contribution in [0, 0.1) is 0 Å². The minimum Gasteiger partial charge on any atom is -0.410 e. The zero-order valence-corrected chi connectivity index (χ0v) is 8.21. The molecular formula is C9H6BrNO2. The molecule has 3 nitrogen and oxygen atoms in total. The summed E-state index contributed by atoms with van der Waals surface area (Å²) in [5, 5.41) is 11.6. The summed E-state index contributed by atoms with van der Waals surface area (Å²) in [6.45, 7) is 0. The summed E-state index contributed by atoms with van der Waals surface area (Å²) in [6, 6.07) is 5.51. The smallest absolute Gasteiger partial charge is 0.189 e. The number of hydrogen-bond donors (Lipinski definition) is 1. The first-order valence-electron chi connectivity index (χ1n) is 3.76. The van der Waals surface area contributed by atoms with Crippen LogP contribution in [0.25, 0.3) is 0 Å². The maximum atomic E-state index is 11.3. The van der Waals surface area contributed by atoms with Gasteiger partial charge in [-0.25, -0.2) is 0 Å². The number of Topliss-reactive ketones (excluding diaryl/α,β-unsaturated/α-hetero) is 1. The molecule has 1 N–H and O–H groups in total. The molecule has 1 aliphatic carbocycles. The van der Waals surface area contributed by atoms with E-state index in [0.29, 0.717) is 6.42 Å². The van der Waals surface area contributed by atoms with Crippen LogP contribution in [0.1, 0.15) is 11.1 Å². The van der Waals surface area contributed by atoms with Crippen molar-refractivity contribution >= 4 is 27.4 Å². The van der Waals surface area contributed by atoms with Crippen molar-refractivity contribution < 1.29 is 10.0 Å². The molecule has 0 fully saturated rings. The minimum atomic E-state index is -0.129. The number of carbonyl (C=O) groups is 1. The second-order valence-corrected chi connectivity index (χ2v) is 3.77. The average Bonchev–Trinajstić information content (AvgIpc) is 2.40. The molecule has 0 saturated heterocycles. The number of nitrogens with zero attached hydrogens (tertiary/aromatic N) is 1.